The average Bonchev–Trinajstić information content (AvgIpc) is 2.70. The van der Waals surface area contributed by atoms with Crippen LogP contribution in [0.25, 0.3) is 0 Å². The van der Waals surface area contributed by atoms with E-state index in [9.17, 15) is 14.7 Å². The van der Waals surface area contributed by atoms with Crippen molar-refractivity contribution in [2.45, 2.75) is 13.8 Å². The molecule has 4 heteroatoms. The first-order valence-corrected chi connectivity index (χ1v) is 5.07. The summed E-state index contributed by atoms with van der Waals surface area (Å²) in [6, 6.07) is 0. The Balaban J connectivity index is 2.59. The first-order chi connectivity index (χ1) is 7.55. The SMILES string of the molecule is CCOC1=C2C=CC(=C1)C2(C(C)=O)C(=O)O. The van der Waals surface area contributed by atoms with Gasteiger partial charge in [0.2, 0.25) is 0 Å². The van der Waals surface area contributed by atoms with Gasteiger partial charge in [-0.05, 0) is 25.5 Å². The largest absolute Gasteiger partial charge is 0.494 e. The number of carbonyl (C=O) groups is 2. The van der Waals surface area contributed by atoms with Crippen LogP contribution in [0.4, 0.5) is 0 Å². The van der Waals surface area contributed by atoms with E-state index < -0.39 is 11.4 Å². The third kappa shape index (κ3) is 1.04. The minimum absolute atomic E-state index is 0.388. The summed E-state index contributed by atoms with van der Waals surface area (Å²) in [4.78, 5) is 23.1. The molecule has 2 aliphatic rings. The van der Waals surface area contributed by atoms with Crippen molar-refractivity contribution in [3.05, 3.63) is 35.1 Å². The van der Waals surface area contributed by atoms with Gasteiger partial charge in [0.05, 0.1) is 6.61 Å². The standard InChI is InChI=1S/C12H12O4/c1-3-16-10-6-8-4-5-9(10)12(8,7(2)13)11(14)15/h4-6H,3H2,1-2H3,(H,14,15). The zero-order valence-corrected chi connectivity index (χ0v) is 9.11. The molecule has 2 rings (SSSR count). The molecule has 0 spiro atoms. The van der Waals surface area contributed by atoms with Crippen molar-refractivity contribution in [3.63, 3.8) is 0 Å². The van der Waals surface area contributed by atoms with E-state index in [1.165, 1.54) is 6.92 Å². The zero-order valence-electron chi connectivity index (χ0n) is 9.11. The van der Waals surface area contributed by atoms with Gasteiger partial charge in [-0.1, -0.05) is 12.2 Å². The van der Waals surface area contributed by atoms with Crippen LogP contribution in [0.15, 0.2) is 35.1 Å². The minimum atomic E-state index is -1.52. The van der Waals surface area contributed by atoms with Crippen LogP contribution in [0.2, 0.25) is 0 Å². The maximum atomic E-state index is 11.7. The molecule has 84 valence electrons. The van der Waals surface area contributed by atoms with E-state index >= 15 is 0 Å². The summed E-state index contributed by atoms with van der Waals surface area (Å²) in [7, 11) is 0. The fraction of sp³-hybridized carbons (Fsp3) is 0.333. The molecule has 0 aliphatic heterocycles. The fourth-order valence-electron chi connectivity index (χ4n) is 2.28. The Bertz CT molecular complexity index is 451. The van der Waals surface area contributed by atoms with Gasteiger partial charge >= 0.3 is 5.97 Å². The number of ether oxygens (including phenoxy) is 1. The summed E-state index contributed by atoms with van der Waals surface area (Å²) in [5.41, 5.74) is -0.583. The maximum absolute atomic E-state index is 11.7. The molecule has 4 nitrogen and oxygen atoms in total. The highest BCUT2D eigenvalue weighted by Gasteiger charge is 2.55. The second kappa shape index (κ2) is 3.33. The quantitative estimate of drug-likeness (QED) is 0.728. The van der Waals surface area contributed by atoms with Crippen LogP contribution in [0.1, 0.15) is 13.8 Å². The lowest BCUT2D eigenvalue weighted by molar-refractivity contribution is -0.148. The van der Waals surface area contributed by atoms with Gasteiger partial charge in [0.1, 0.15) is 5.76 Å². The molecule has 0 aromatic rings. The van der Waals surface area contributed by atoms with E-state index in [-0.39, 0.29) is 5.78 Å². The minimum Gasteiger partial charge on any atom is -0.494 e. The number of ketones is 1. The third-order valence-electron chi connectivity index (χ3n) is 2.97. The number of hydrogen-bond donors (Lipinski definition) is 1. The van der Waals surface area contributed by atoms with Crippen molar-refractivity contribution < 1.29 is 19.4 Å². The van der Waals surface area contributed by atoms with Crippen LogP contribution < -0.4 is 0 Å². The summed E-state index contributed by atoms with van der Waals surface area (Å²) < 4.78 is 5.33. The summed E-state index contributed by atoms with van der Waals surface area (Å²) in [5, 5.41) is 9.31. The first kappa shape index (κ1) is 10.7. The molecule has 1 unspecified atom stereocenters. The Labute approximate surface area is 92.9 Å². The summed E-state index contributed by atoms with van der Waals surface area (Å²) in [5.74, 6) is -1.03. The lowest BCUT2D eigenvalue weighted by Gasteiger charge is -2.21. The number of fused-ring (bicyclic) bond motifs is 2. The molecule has 2 bridgehead atoms. The molecule has 0 amide bonds. The first-order valence-electron chi connectivity index (χ1n) is 5.07. The Kier molecular flexibility index (Phi) is 2.22. The van der Waals surface area contributed by atoms with Crippen molar-refractivity contribution in [2.75, 3.05) is 6.61 Å². The van der Waals surface area contributed by atoms with Gasteiger partial charge < -0.3 is 9.84 Å². The Hall–Kier alpha value is -1.84. The van der Waals surface area contributed by atoms with Crippen LogP contribution >= 0.6 is 0 Å². The van der Waals surface area contributed by atoms with Gasteiger partial charge in [0.15, 0.2) is 11.2 Å². The molecule has 0 saturated heterocycles. The van der Waals surface area contributed by atoms with Crippen molar-refractivity contribution >= 4 is 11.8 Å². The lowest BCUT2D eigenvalue weighted by atomic mass is 9.78. The number of Topliss-reactive ketones (excluding diaryl/α,β-unsaturated/α-hetero) is 1. The van der Waals surface area contributed by atoms with Crippen LogP contribution in [-0.2, 0) is 14.3 Å². The average molecular weight is 220 g/mol. The number of carboxylic acids is 1. The van der Waals surface area contributed by atoms with Gasteiger partial charge in [-0.15, -0.1) is 0 Å². The van der Waals surface area contributed by atoms with E-state index in [0.717, 1.165) is 0 Å². The van der Waals surface area contributed by atoms with Crippen LogP contribution in [0.3, 0.4) is 0 Å². The second-order valence-electron chi connectivity index (χ2n) is 3.76. The van der Waals surface area contributed by atoms with E-state index in [1.807, 2.05) is 6.92 Å². The highest BCUT2D eigenvalue weighted by Crippen LogP contribution is 2.50. The third-order valence-corrected chi connectivity index (χ3v) is 2.97. The Morgan fingerprint density at radius 1 is 1.44 bits per heavy atom. The van der Waals surface area contributed by atoms with E-state index in [4.69, 9.17) is 4.74 Å². The Morgan fingerprint density at radius 3 is 2.56 bits per heavy atom. The van der Waals surface area contributed by atoms with Gasteiger partial charge in [0.25, 0.3) is 0 Å². The predicted octanol–water partition coefficient (Wildman–Crippen LogP) is 1.45. The van der Waals surface area contributed by atoms with Crippen LogP contribution in [0, 0.1) is 5.41 Å². The lowest BCUT2D eigenvalue weighted by Crippen LogP contribution is -2.37. The molecule has 0 aromatic carbocycles. The van der Waals surface area contributed by atoms with Gasteiger partial charge in [-0.3, -0.25) is 9.59 Å². The molecule has 0 fully saturated rings. The number of allylic oxidation sites excluding steroid dienone is 3. The molecule has 0 heterocycles. The van der Waals surface area contributed by atoms with Crippen molar-refractivity contribution in [3.8, 4) is 0 Å². The van der Waals surface area contributed by atoms with Crippen molar-refractivity contribution in [1.82, 2.24) is 0 Å². The molecular weight excluding hydrogens is 208 g/mol. The second-order valence-corrected chi connectivity index (χ2v) is 3.76. The van der Waals surface area contributed by atoms with E-state index in [2.05, 4.69) is 0 Å². The predicted molar refractivity (Wildman–Crippen MR) is 56.6 cm³/mol. The number of carbonyl (C=O) groups excluding carboxylic acids is 1. The molecule has 16 heavy (non-hydrogen) atoms. The number of rotatable bonds is 4. The Morgan fingerprint density at radius 2 is 2.12 bits per heavy atom. The highest BCUT2D eigenvalue weighted by atomic mass is 16.5. The molecule has 2 aliphatic carbocycles. The molecule has 0 saturated carbocycles. The maximum Gasteiger partial charge on any atom is 0.326 e. The summed E-state index contributed by atoms with van der Waals surface area (Å²) in [6.07, 6.45) is 4.94. The van der Waals surface area contributed by atoms with Crippen molar-refractivity contribution in [1.29, 1.82) is 0 Å². The number of carboxylic acid groups (broad SMARTS) is 1. The van der Waals surface area contributed by atoms with Gasteiger partial charge in [-0.2, -0.15) is 0 Å². The molecule has 1 N–H and O–H groups in total. The molecular formula is C12H12O4. The van der Waals surface area contributed by atoms with Crippen molar-refractivity contribution in [2.24, 2.45) is 5.41 Å². The summed E-state index contributed by atoms with van der Waals surface area (Å²) >= 11 is 0. The zero-order chi connectivity index (χ0) is 11.9. The number of aliphatic carboxylic acids is 1. The van der Waals surface area contributed by atoms with Crippen LogP contribution in [-0.4, -0.2) is 23.5 Å². The fourth-order valence-corrected chi connectivity index (χ4v) is 2.28. The van der Waals surface area contributed by atoms with E-state index in [1.54, 1.807) is 18.2 Å². The number of hydrogen-bond acceptors (Lipinski definition) is 3. The molecule has 0 radical (unpaired) electrons. The highest BCUT2D eigenvalue weighted by molar-refractivity contribution is 6.12. The topological polar surface area (TPSA) is 63.6 Å². The van der Waals surface area contributed by atoms with Gasteiger partial charge in [0, 0.05) is 5.57 Å². The smallest absolute Gasteiger partial charge is 0.326 e. The normalized spacial score (nSPS) is 26.0. The molecule has 1 atom stereocenters. The summed E-state index contributed by atoms with van der Waals surface area (Å²) in [6.45, 7) is 3.56. The van der Waals surface area contributed by atoms with E-state index in [0.29, 0.717) is 23.5 Å². The van der Waals surface area contributed by atoms with Crippen LogP contribution in [0.5, 0.6) is 0 Å². The monoisotopic (exact) mass is 220 g/mol. The van der Waals surface area contributed by atoms with Gasteiger partial charge in [-0.25, -0.2) is 0 Å². The molecule has 0 aromatic heterocycles.